The molecular formula is C12H17N3O4. The highest BCUT2D eigenvalue weighted by Gasteiger charge is 2.26. The molecule has 1 amide bonds. The normalized spacial score (nSPS) is 22.4. The zero-order chi connectivity index (χ0) is 13.8. The lowest BCUT2D eigenvalue weighted by Gasteiger charge is -2.15. The second-order valence-corrected chi connectivity index (χ2v) is 4.49. The van der Waals surface area contributed by atoms with Gasteiger partial charge in [0.2, 0.25) is 5.91 Å². The van der Waals surface area contributed by atoms with E-state index in [9.17, 15) is 9.59 Å². The van der Waals surface area contributed by atoms with Gasteiger partial charge in [-0.05, 0) is 25.3 Å². The molecule has 2 heterocycles. The molecule has 0 saturated carbocycles. The van der Waals surface area contributed by atoms with Gasteiger partial charge in [-0.2, -0.15) is 4.98 Å². The highest BCUT2D eigenvalue weighted by Crippen LogP contribution is 2.28. The summed E-state index contributed by atoms with van der Waals surface area (Å²) < 4.78 is 7.07. The van der Waals surface area contributed by atoms with E-state index < -0.39 is 5.69 Å². The highest BCUT2D eigenvalue weighted by molar-refractivity contribution is 5.87. The monoisotopic (exact) mass is 267 g/mol. The third kappa shape index (κ3) is 3.39. The Morgan fingerprint density at radius 2 is 2.42 bits per heavy atom. The zero-order valence-electron chi connectivity index (χ0n) is 10.7. The van der Waals surface area contributed by atoms with Gasteiger partial charge < -0.3 is 15.2 Å². The van der Waals surface area contributed by atoms with Gasteiger partial charge in [0.15, 0.2) is 0 Å². The lowest BCUT2D eigenvalue weighted by atomic mass is 10.2. The second kappa shape index (κ2) is 5.94. The van der Waals surface area contributed by atoms with E-state index in [1.54, 1.807) is 12.3 Å². The highest BCUT2D eigenvalue weighted by atomic mass is 16.5. The minimum Gasteiger partial charge on any atom is -0.396 e. The number of carbonyl (C=O) groups excluding carboxylic acids is 1. The topological polar surface area (TPSA) is 93.5 Å². The first-order valence-electron chi connectivity index (χ1n) is 6.23. The largest absolute Gasteiger partial charge is 0.396 e. The number of anilines is 1. The smallest absolute Gasteiger partial charge is 0.351 e. The molecule has 7 heteroatoms. The Bertz CT molecular complexity index is 514. The van der Waals surface area contributed by atoms with Crippen LogP contribution >= 0.6 is 0 Å². The predicted octanol–water partition coefficient (Wildman–Crippen LogP) is 0.262. The molecular weight excluding hydrogens is 250 g/mol. The van der Waals surface area contributed by atoms with Crippen molar-refractivity contribution in [2.45, 2.75) is 38.5 Å². The second-order valence-electron chi connectivity index (χ2n) is 4.49. The van der Waals surface area contributed by atoms with Crippen LogP contribution in [0.25, 0.3) is 0 Å². The van der Waals surface area contributed by atoms with Gasteiger partial charge in [-0.3, -0.25) is 9.36 Å². The number of rotatable bonds is 4. The van der Waals surface area contributed by atoms with Gasteiger partial charge in [0.25, 0.3) is 0 Å². The van der Waals surface area contributed by atoms with Crippen LogP contribution in [0, 0.1) is 0 Å². The van der Waals surface area contributed by atoms with Crippen LogP contribution in [-0.4, -0.2) is 33.3 Å². The average molecular weight is 267 g/mol. The Hall–Kier alpha value is -1.73. The number of amides is 1. The SMILES string of the molecule is CC(=O)Nc1ccn(C2CCC(CCO)O2)c(=O)n1. The summed E-state index contributed by atoms with van der Waals surface area (Å²) in [7, 11) is 0. The molecule has 1 fully saturated rings. The van der Waals surface area contributed by atoms with E-state index >= 15 is 0 Å². The van der Waals surface area contributed by atoms with E-state index in [2.05, 4.69) is 10.3 Å². The van der Waals surface area contributed by atoms with Crippen molar-refractivity contribution in [1.82, 2.24) is 9.55 Å². The summed E-state index contributed by atoms with van der Waals surface area (Å²) in [6.07, 6.45) is 3.30. The van der Waals surface area contributed by atoms with Gasteiger partial charge in [-0.1, -0.05) is 0 Å². The van der Waals surface area contributed by atoms with E-state index in [-0.39, 0.29) is 30.7 Å². The summed E-state index contributed by atoms with van der Waals surface area (Å²) in [5.41, 5.74) is -0.458. The van der Waals surface area contributed by atoms with E-state index in [0.29, 0.717) is 12.8 Å². The molecule has 7 nitrogen and oxygen atoms in total. The number of aliphatic hydroxyl groups is 1. The molecule has 2 N–H and O–H groups in total. The molecule has 1 aliphatic heterocycles. The number of ether oxygens (including phenoxy) is 1. The summed E-state index contributed by atoms with van der Waals surface area (Å²) >= 11 is 0. The molecule has 1 saturated heterocycles. The van der Waals surface area contributed by atoms with Crippen molar-refractivity contribution >= 4 is 11.7 Å². The van der Waals surface area contributed by atoms with E-state index in [4.69, 9.17) is 9.84 Å². The van der Waals surface area contributed by atoms with Crippen molar-refractivity contribution in [2.24, 2.45) is 0 Å². The van der Waals surface area contributed by atoms with Crippen LogP contribution < -0.4 is 11.0 Å². The number of carbonyl (C=O) groups is 1. The van der Waals surface area contributed by atoms with Crippen LogP contribution in [0.15, 0.2) is 17.1 Å². The summed E-state index contributed by atoms with van der Waals surface area (Å²) in [5.74, 6) is -0.0385. The number of hydrogen-bond acceptors (Lipinski definition) is 5. The Morgan fingerprint density at radius 1 is 1.63 bits per heavy atom. The number of nitrogens with zero attached hydrogens (tertiary/aromatic N) is 2. The van der Waals surface area contributed by atoms with Crippen molar-refractivity contribution in [3.63, 3.8) is 0 Å². The lowest BCUT2D eigenvalue weighted by Crippen LogP contribution is -2.28. The number of aliphatic hydroxyl groups excluding tert-OH is 1. The van der Waals surface area contributed by atoms with E-state index in [1.165, 1.54) is 11.5 Å². The molecule has 1 aromatic rings. The van der Waals surface area contributed by atoms with Gasteiger partial charge in [-0.25, -0.2) is 4.79 Å². The number of nitrogens with one attached hydrogen (secondary N) is 1. The fourth-order valence-electron chi connectivity index (χ4n) is 2.13. The molecule has 0 aromatic carbocycles. The van der Waals surface area contributed by atoms with Crippen LogP contribution in [0.3, 0.4) is 0 Å². The fraction of sp³-hybridized carbons (Fsp3) is 0.583. The Kier molecular flexibility index (Phi) is 4.28. The van der Waals surface area contributed by atoms with Crippen LogP contribution in [0.1, 0.15) is 32.4 Å². The number of hydrogen-bond donors (Lipinski definition) is 2. The maximum Gasteiger partial charge on any atom is 0.351 e. The van der Waals surface area contributed by atoms with Crippen LogP contribution in [-0.2, 0) is 9.53 Å². The summed E-state index contributed by atoms with van der Waals surface area (Å²) in [6, 6.07) is 1.56. The van der Waals surface area contributed by atoms with Crippen molar-refractivity contribution in [3.05, 3.63) is 22.7 Å². The first-order valence-corrected chi connectivity index (χ1v) is 6.23. The van der Waals surface area contributed by atoms with Gasteiger partial charge >= 0.3 is 5.69 Å². The first-order chi connectivity index (χ1) is 9.10. The molecule has 2 unspecified atom stereocenters. The molecule has 1 aromatic heterocycles. The lowest BCUT2D eigenvalue weighted by molar-refractivity contribution is -0.114. The maximum absolute atomic E-state index is 11.8. The zero-order valence-corrected chi connectivity index (χ0v) is 10.7. The van der Waals surface area contributed by atoms with Crippen LogP contribution in [0.5, 0.6) is 0 Å². The van der Waals surface area contributed by atoms with Gasteiger partial charge in [0.1, 0.15) is 12.0 Å². The minimum atomic E-state index is -0.458. The molecule has 0 spiro atoms. The Labute approximate surface area is 110 Å². The summed E-state index contributed by atoms with van der Waals surface area (Å²) in [4.78, 5) is 26.5. The molecule has 0 radical (unpaired) electrons. The Balaban J connectivity index is 2.09. The van der Waals surface area contributed by atoms with Gasteiger partial charge in [0.05, 0.1) is 6.10 Å². The van der Waals surface area contributed by atoms with Crippen LogP contribution in [0.4, 0.5) is 5.82 Å². The molecule has 1 aliphatic rings. The Morgan fingerprint density at radius 3 is 3.05 bits per heavy atom. The molecule has 0 aliphatic carbocycles. The van der Waals surface area contributed by atoms with Gasteiger partial charge in [-0.15, -0.1) is 0 Å². The third-order valence-electron chi connectivity index (χ3n) is 2.98. The van der Waals surface area contributed by atoms with Crippen LogP contribution in [0.2, 0.25) is 0 Å². The quantitative estimate of drug-likeness (QED) is 0.816. The molecule has 19 heavy (non-hydrogen) atoms. The third-order valence-corrected chi connectivity index (χ3v) is 2.98. The minimum absolute atomic E-state index is 0.0167. The summed E-state index contributed by atoms with van der Waals surface area (Å²) in [6.45, 7) is 1.43. The molecule has 104 valence electrons. The van der Waals surface area contributed by atoms with Gasteiger partial charge in [0, 0.05) is 19.7 Å². The van der Waals surface area contributed by atoms with Crippen molar-refractivity contribution in [1.29, 1.82) is 0 Å². The van der Waals surface area contributed by atoms with E-state index in [0.717, 1.165) is 6.42 Å². The van der Waals surface area contributed by atoms with Crippen molar-refractivity contribution < 1.29 is 14.6 Å². The fourth-order valence-corrected chi connectivity index (χ4v) is 2.13. The van der Waals surface area contributed by atoms with Crippen molar-refractivity contribution in [3.8, 4) is 0 Å². The average Bonchev–Trinajstić information content (AvgIpc) is 2.77. The molecule has 0 bridgehead atoms. The summed E-state index contributed by atoms with van der Waals surface area (Å²) in [5, 5.41) is 11.3. The molecule has 2 atom stereocenters. The number of aromatic nitrogens is 2. The van der Waals surface area contributed by atoms with E-state index in [1.807, 2.05) is 0 Å². The first kappa shape index (κ1) is 13.7. The predicted molar refractivity (Wildman–Crippen MR) is 67.6 cm³/mol. The maximum atomic E-state index is 11.8. The molecule has 2 rings (SSSR count). The van der Waals surface area contributed by atoms with Crippen molar-refractivity contribution in [2.75, 3.05) is 11.9 Å². The standard InChI is InChI=1S/C12H17N3O4/c1-8(17)13-10-4-6-15(12(18)14-10)11-3-2-9(19-11)5-7-16/h4,6,9,11,16H,2-3,5,7H2,1H3,(H,13,14,17,18).